The molecule has 0 fully saturated rings. The molecule has 1 atom stereocenters. The number of oxazole rings is 1. The molecule has 3 aromatic rings. The normalized spacial score (nSPS) is 13.0. The summed E-state index contributed by atoms with van der Waals surface area (Å²) in [7, 11) is 0. The Morgan fingerprint density at radius 3 is 2.94 bits per heavy atom. The number of para-hydroxylation sites is 2. The van der Waals surface area contributed by atoms with Gasteiger partial charge in [-0.3, -0.25) is 0 Å². The number of fused-ring (bicyclic) bond motifs is 1. The summed E-state index contributed by atoms with van der Waals surface area (Å²) in [6.45, 7) is 2.04. The zero-order chi connectivity index (χ0) is 12.5. The number of hydrogen-bond donors (Lipinski definition) is 1. The summed E-state index contributed by atoms with van der Waals surface area (Å²) in [6, 6.07) is 7.58. The fraction of sp³-hybridized carbons (Fsp3) is 0.250. The molecule has 2 aromatic heterocycles. The second kappa shape index (κ2) is 4.23. The van der Waals surface area contributed by atoms with Crippen molar-refractivity contribution in [3.8, 4) is 0 Å². The van der Waals surface area contributed by atoms with Gasteiger partial charge in [0.05, 0.1) is 12.3 Å². The number of benzene rings is 1. The van der Waals surface area contributed by atoms with Gasteiger partial charge in [0.2, 0.25) is 5.89 Å². The van der Waals surface area contributed by atoms with Crippen molar-refractivity contribution in [2.75, 3.05) is 0 Å². The van der Waals surface area contributed by atoms with Crippen LogP contribution < -0.4 is 0 Å². The zero-order valence-corrected chi connectivity index (χ0v) is 9.82. The first-order chi connectivity index (χ1) is 8.72. The van der Waals surface area contributed by atoms with Gasteiger partial charge in [-0.2, -0.15) is 0 Å². The molecule has 0 aliphatic rings. The van der Waals surface area contributed by atoms with Gasteiger partial charge in [-0.1, -0.05) is 17.3 Å². The molecule has 0 bridgehead atoms. The first-order valence-corrected chi connectivity index (χ1v) is 5.65. The third-order valence-electron chi connectivity index (χ3n) is 2.62. The maximum atomic E-state index is 9.36. The van der Waals surface area contributed by atoms with E-state index in [1.807, 2.05) is 24.3 Å². The average molecular weight is 244 g/mol. The Labute approximate surface area is 103 Å². The number of hydrogen-bond acceptors (Lipinski definition) is 5. The predicted octanol–water partition coefficient (Wildman–Crippen LogP) is 1.52. The highest BCUT2D eigenvalue weighted by atomic mass is 16.3. The molecule has 6 heteroatoms. The van der Waals surface area contributed by atoms with Gasteiger partial charge >= 0.3 is 0 Å². The highest BCUT2D eigenvalue weighted by molar-refractivity contribution is 5.72. The summed E-state index contributed by atoms with van der Waals surface area (Å²) in [4.78, 5) is 4.34. The average Bonchev–Trinajstić information content (AvgIpc) is 2.94. The van der Waals surface area contributed by atoms with E-state index < -0.39 is 6.10 Å². The van der Waals surface area contributed by atoms with Gasteiger partial charge in [0.15, 0.2) is 5.58 Å². The lowest BCUT2D eigenvalue weighted by atomic mass is 10.3. The lowest BCUT2D eigenvalue weighted by Gasteiger charge is -1.95. The Hall–Kier alpha value is -2.21. The number of aliphatic hydroxyl groups is 1. The standard InChI is InChI=1S/C12H12N4O2/c1-8(17)10-6-16(15-14-10)7-12-13-9-4-2-3-5-11(9)18-12/h2-6,8,17H,7H2,1H3. The summed E-state index contributed by atoms with van der Waals surface area (Å²) in [5.41, 5.74) is 2.11. The minimum atomic E-state index is -0.623. The summed E-state index contributed by atoms with van der Waals surface area (Å²) >= 11 is 0. The molecule has 18 heavy (non-hydrogen) atoms. The van der Waals surface area contributed by atoms with Gasteiger partial charge in [-0.15, -0.1) is 5.10 Å². The summed E-state index contributed by atoms with van der Waals surface area (Å²) in [5, 5.41) is 17.1. The summed E-state index contributed by atoms with van der Waals surface area (Å²) in [5.74, 6) is 0.568. The van der Waals surface area contributed by atoms with Crippen LogP contribution in [0, 0.1) is 0 Å². The number of aliphatic hydroxyl groups excluding tert-OH is 1. The Morgan fingerprint density at radius 1 is 1.39 bits per heavy atom. The molecule has 0 radical (unpaired) electrons. The van der Waals surface area contributed by atoms with E-state index in [1.54, 1.807) is 17.8 Å². The Kier molecular flexibility index (Phi) is 2.56. The number of rotatable bonds is 3. The molecule has 3 rings (SSSR count). The van der Waals surface area contributed by atoms with Crippen molar-refractivity contribution in [2.45, 2.75) is 19.6 Å². The van der Waals surface area contributed by atoms with Crippen molar-refractivity contribution in [1.29, 1.82) is 0 Å². The molecule has 0 spiro atoms. The van der Waals surface area contributed by atoms with Crippen LogP contribution in [0.3, 0.4) is 0 Å². The van der Waals surface area contributed by atoms with E-state index in [9.17, 15) is 5.11 Å². The van der Waals surface area contributed by atoms with E-state index in [1.165, 1.54) is 0 Å². The lowest BCUT2D eigenvalue weighted by Crippen LogP contribution is -2.00. The van der Waals surface area contributed by atoms with Crippen molar-refractivity contribution in [3.05, 3.63) is 42.0 Å². The highest BCUT2D eigenvalue weighted by Crippen LogP contribution is 2.15. The predicted molar refractivity (Wildman–Crippen MR) is 63.8 cm³/mol. The quantitative estimate of drug-likeness (QED) is 0.755. The molecule has 0 saturated carbocycles. The zero-order valence-electron chi connectivity index (χ0n) is 9.82. The molecule has 6 nitrogen and oxygen atoms in total. The van der Waals surface area contributed by atoms with Crippen LogP contribution in [0.2, 0.25) is 0 Å². The molecule has 0 aliphatic heterocycles. The molecular weight excluding hydrogens is 232 g/mol. The smallest absolute Gasteiger partial charge is 0.217 e. The van der Waals surface area contributed by atoms with Crippen LogP contribution in [0.4, 0.5) is 0 Å². The minimum Gasteiger partial charge on any atom is -0.439 e. The van der Waals surface area contributed by atoms with Crippen molar-refractivity contribution < 1.29 is 9.52 Å². The van der Waals surface area contributed by atoms with Crippen molar-refractivity contribution in [1.82, 2.24) is 20.0 Å². The van der Waals surface area contributed by atoms with Crippen LogP contribution in [0.25, 0.3) is 11.1 Å². The van der Waals surface area contributed by atoms with Gasteiger partial charge in [0.1, 0.15) is 17.8 Å². The minimum absolute atomic E-state index is 0.397. The van der Waals surface area contributed by atoms with E-state index in [2.05, 4.69) is 15.3 Å². The number of aromatic nitrogens is 4. The maximum Gasteiger partial charge on any atom is 0.217 e. The first kappa shape index (κ1) is 10.9. The van der Waals surface area contributed by atoms with Crippen LogP contribution >= 0.6 is 0 Å². The number of nitrogens with zero attached hydrogens (tertiary/aromatic N) is 4. The highest BCUT2D eigenvalue weighted by Gasteiger charge is 2.09. The fourth-order valence-electron chi connectivity index (χ4n) is 1.71. The molecule has 1 unspecified atom stereocenters. The second-order valence-electron chi connectivity index (χ2n) is 4.09. The van der Waals surface area contributed by atoms with E-state index >= 15 is 0 Å². The molecule has 2 heterocycles. The lowest BCUT2D eigenvalue weighted by molar-refractivity contribution is 0.194. The van der Waals surface area contributed by atoms with Gasteiger partial charge in [-0.05, 0) is 19.1 Å². The second-order valence-corrected chi connectivity index (χ2v) is 4.09. The molecule has 1 N–H and O–H groups in total. The third kappa shape index (κ3) is 1.98. The van der Waals surface area contributed by atoms with Gasteiger partial charge in [-0.25, -0.2) is 9.67 Å². The van der Waals surface area contributed by atoms with Crippen LogP contribution in [0.1, 0.15) is 24.6 Å². The fourth-order valence-corrected chi connectivity index (χ4v) is 1.71. The SMILES string of the molecule is CC(O)c1cn(Cc2nc3ccccc3o2)nn1. The monoisotopic (exact) mass is 244 g/mol. The van der Waals surface area contributed by atoms with Crippen LogP contribution in [0.5, 0.6) is 0 Å². The molecule has 92 valence electrons. The van der Waals surface area contributed by atoms with Gasteiger partial charge in [0.25, 0.3) is 0 Å². The Morgan fingerprint density at radius 2 is 2.22 bits per heavy atom. The van der Waals surface area contributed by atoms with Crippen molar-refractivity contribution >= 4 is 11.1 Å². The largest absolute Gasteiger partial charge is 0.439 e. The Bertz CT molecular complexity index is 638. The molecule has 0 amide bonds. The van der Waals surface area contributed by atoms with Gasteiger partial charge in [0, 0.05) is 0 Å². The van der Waals surface area contributed by atoms with E-state index in [0.717, 1.165) is 11.1 Å². The third-order valence-corrected chi connectivity index (χ3v) is 2.62. The molecule has 1 aromatic carbocycles. The summed E-state index contributed by atoms with van der Waals surface area (Å²) < 4.78 is 7.17. The van der Waals surface area contributed by atoms with E-state index in [-0.39, 0.29) is 0 Å². The van der Waals surface area contributed by atoms with Crippen LogP contribution in [0.15, 0.2) is 34.9 Å². The van der Waals surface area contributed by atoms with Crippen LogP contribution in [-0.2, 0) is 6.54 Å². The van der Waals surface area contributed by atoms with E-state index in [0.29, 0.717) is 18.1 Å². The van der Waals surface area contributed by atoms with Gasteiger partial charge < -0.3 is 9.52 Å². The van der Waals surface area contributed by atoms with E-state index in [4.69, 9.17) is 4.42 Å². The van der Waals surface area contributed by atoms with Crippen molar-refractivity contribution in [2.24, 2.45) is 0 Å². The molecule has 0 saturated heterocycles. The first-order valence-electron chi connectivity index (χ1n) is 5.65. The maximum absolute atomic E-state index is 9.36. The van der Waals surface area contributed by atoms with Crippen LogP contribution in [-0.4, -0.2) is 25.1 Å². The molecular formula is C12H12N4O2. The summed E-state index contributed by atoms with van der Waals surface area (Å²) in [6.07, 6.45) is 1.06. The molecule has 0 aliphatic carbocycles. The topological polar surface area (TPSA) is 77.0 Å². The van der Waals surface area contributed by atoms with Crippen molar-refractivity contribution in [3.63, 3.8) is 0 Å². The Balaban J connectivity index is 1.86.